The number of nitrogens with two attached hydrogens (primary N) is 1. The molecule has 1 aliphatic heterocycles. The van der Waals surface area contributed by atoms with Crippen LogP contribution in [0.2, 0.25) is 0 Å². The number of likely N-dealkylation sites (tertiary alicyclic amines) is 1. The van der Waals surface area contributed by atoms with Crippen LogP contribution in [0.1, 0.15) is 39.0 Å². The zero-order chi connectivity index (χ0) is 8.81. The molecule has 2 heteroatoms. The van der Waals surface area contributed by atoms with Crippen molar-refractivity contribution in [2.75, 3.05) is 19.6 Å². The fourth-order valence-corrected chi connectivity index (χ4v) is 1.76. The lowest BCUT2D eigenvalue weighted by molar-refractivity contribution is 0.209. The number of piperidine rings is 1. The summed E-state index contributed by atoms with van der Waals surface area (Å²) in [6.45, 7) is 6.00. The van der Waals surface area contributed by atoms with Crippen molar-refractivity contribution >= 4 is 0 Å². The van der Waals surface area contributed by atoms with Gasteiger partial charge in [-0.2, -0.15) is 0 Å². The Morgan fingerprint density at radius 2 is 1.92 bits per heavy atom. The minimum Gasteiger partial charge on any atom is -0.328 e. The number of rotatable bonds is 4. The normalized spacial score (nSPS) is 21.5. The van der Waals surface area contributed by atoms with Crippen molar-refractivity contribution in [3.05, 3.63) is 0 Å². The van der Waals surface area contributed by atoms with Gasteiger partial charge in [0.15, 0.2) is 0 Å². The molecule has 0 spiro atoms. The highest BCUT2D eigenvalue weighted by molar-refractivity contribution is 4.73. The minimum atomic E-state index is 0.479. The topological polar surface area (TPSA) is 29.3 Å². The molecular weight excluding hydrogens is 148 g/mol. The van der Waals surface area contributed by atoms with Gasteiger partial charge in [0, 0.05) is 6.04 Å². The summed E-state index contributed by atoms with van der Waals surface area (Å²) < 4.78 is 0. The molecule has 0 radical (unpaired) electrons. The van der Waals surface area contributed by atoms with E-state index in [1.54, 1.807) is 0 Å². The maximum atomic E-state index is 5.83. The van der Waals surface area contributed by atoms with Crippen LogP contribution in [0.25, 0.3) is 0 Å². The summed E-state index contributed by atoms with van der Waals surface area (Å²) >= 11 is 0. The molecule has 0 aromatic carbocycles. The van der Waals surface area contributed by atoms with Crippen molar-refractivity contribution < 1.29 is 0 Å². The summed E-state index contributed by atoms with van der Waals surface area (Å²) in [6.07, 6.45) is 6.47. The maximum Gasteiger partial charge on any atom is 0.00631 e. The molecule has 0 atom stereocenters. The molecule has 12 heavy (non-hydrogen) atoms. The number of hydrogen-bond donors (Lipinski definition) is 1. The van der Waals surface area contributed by atoms with Crippen LogP contribution in [0.4, 0.5) is 0 Å². The highest BCUT2D eigenvalue weighted by atomic mass is 15.1. The predicted molar refractivity (Wildman–Crippen MR) is 53.2 cm³/mol. The Balaban J connectivity index is 2.01. The van der Waals surface area contributed by atoms with E-state index in [0.717, 1.165) is 0 Å². The van der Waals surface area contributed by atoms with Crippen LogP contribution in [-0.4, -0.2) is 30.6 Å². The molecule has 0 aliphatic carbocycles. The third kappa shape index (κ3) is 3.55. The van der Waals surface area contributed by atoms with Gasteiger partial charge >= 0.3 is 0 Å². The average Bonchev–Trinajstić information content (AvgIpc) is 2.09. The Labute approximate surface area is 76.1 Å². The first-order valence-electron chi connectivity index (χ1n) is 5.31. The number of nitrogens with zero attached hydrogens (tertiary/aromatic N) is 1. The molecule has 1 aliphatic rings. The van der Waals surface area contributed by atoms with Crippen LogP contribution in [0.15, 0.2) is 0 Å². The first kappa shape index (κ1) is 10.0. The summed E-state index contributed by atoms with van der Waals surface area (Å²) in [5.41, 5.74) is 5.83. The van der Waals surface area contributed by atoms with Crippen LogP contribution in [-0.2, 0) is 0 Å². The van der Waals surface area contributed by atoms with Crippen LogP contribution in [0.5, 0.6) is 0 Å². The van der Waals surface area contributed by atoms with Crippen molar-refractivity contribution in [3.8, 4) is 0 Å². The van der Waals surface area contributed by atoms with Gasteiger partial charge in [0.25, 0.3) is 0 Å². The highest BCUT2D eigenvalue weighted by Gasteiger charge is 2.14. The molecule has 0 unspecified atom stereocenters. The summed E-state index contributed by atoms with van der Waals surface area (Å²) in [5, 5.41) is 0. The van der Waals surface area contributed by atoms with Gasteiger partial charge in [0.2, 0.25) is 0 Å². The van der Waals surface area contributed by atoms with Gasteiger partial charge in [-0.3, -0.25) is 0 Å². The Hall–Kier alpha value is -0.0800. The average molecular weight is 170 g/mol. The van der Waals surface area contributed by atoms with E-state index in [0.29, 0.717) is 6.04 Å². The smallest absolute Gasteiger partial charge is 0.00631 e. The molecule has 72 valence electrons. The maximum absolute atomic E-state index is 5.83. The molecule has 0 aromatic rings. The molecule has 1 saturated heterocycles. The van der Waals surface area contributed by atoms with Crippen molar-refractivity contribution in [1.82, 2.24) is 4.90 Å². The van der Waals surface area contributed by atoms with Gasteiger partial charge in [-0.15, -0.1) is 0 Å². The summed E-state index contributed by atoms with van der Waals surface area (Å²) in [5.74, 6) is 0. The summed E-state index contributed by atoms with van der Waals surface area (Å²) in [7, 11) is 0. The largest absolute Gasteiger partial charge is 0.328 e. The zero-order valence-corrected chi connectivity index (χ0v) is 8.26. The van der Waals surface area contributed by atoms with Gasteiger partial charge in [-0.1, -0.05) is 19.8 Å². The zero-order valence-electron chi connectivity index (χ0n) is 8.26. The van der Waals surface area contributed by atoms with Crippen molar-refractivity contribution in [3.63, 3.8) is 0 Å². The van der Waals surface area contributed by atoms with Gasteiger partial charge in [0.1, 0.15) is 0 Å². The molecule has 1 heterocycles. The van der Waals surface area contributed by atoms with E-state index >= 15 is 0 Å². The van der Waals surface area contributed by atoms with E-state index in [1.165, 1.54) is 51.7 Å². The van der Waals surface area contributed by atoms with E-state index in [2.05, 4.69) is 11.8 Å². The van der Waals surface area contributed by atoms with Gasteiger partial charge in [0.05, 0.1) is 0 Å². The standard InChI is InChI=1S/C10H22N2/c1-2-3-4-7-12-8-5-10(11)6-9-12/h10H,2-9,11H2,1H3. The van der Waals surface area contributed by atoms with E-state index < -0.39 is 0 Å². The van der Waals surface area contributed by atoms with Gasteiger partial charge in [-0.25, -0.2) is 0 Å². The number of hydrogen-bond acceptors (Lipinski definition) is 2. The van der Waals surface area contributed by atoms with Crippen LogP contribution >= 0.6 is 0 Å². The third-order valence-corrected chi connectivity index (χ3v) is 2.71. The predicted octanol–water partition coefficient (Wildman–Crippen LogP) is 1.60. The fraction of sp³-hybridized carbons (Fsp3) is 1.00. The molecule has 0 saturated carbocycles. The Morgan fingerprint density at radius 1 is 1.25 bits per heavy atom. The summed E-state index contributed by atoms with van der Waals surface area (Å²) in [4.78, 5) is 2.55. The summed E-state index contributed by atoms with van der Waals surface area (Å²) in [6, 6.07) is 0.479. The van der Waals surface area contributed by atoms with Crippen LogP contribution in [0, 0.1) is 0 Å². The third-order valence-electron chi connectivity index (χ3n) is 2.71. The van der Waals surface area contributed by atoms with Crippen molar-refractivity contribution in [2.45, 2.75) is 45.1 Å². The molecule has 0 amide bonds. The molecule has 2 N–H and O–H groups in total. The van der Waals surface area contributed by atoms with E-state index in [-0.39, 0.29) is 0 Å². The van der Waals surface area contributed by atoms with Gasteiger partial charge in [-0.05, 0) is 38.9 Å². The quantitative estimate of drug-likeness (QED) is 0.649. The Kier molecular flexibility index (Phi) is 4.62. The second-order valence-corrected chi connectivity index (χ2v) is 3.89. The second-order valence-electron chi connectivity index (χ2n) is 3.89. The van der Waals surface area contributed by atoms with Gasteiger partial charge < -0.3 is 10.6 Å². The van der Waals surface area contributed by atoms with Crippen LogP contribution < -0.4 is 5.73 Å². The van der Waals surface area contributed by atoms with Crippen molar-refractivity contribution in [2.24, 2.45) is 5.73 Å². The monoisotopic (exact) mass is 170 g/mol. The molecule has 0 aromatic heterocycles. The van der Waals surface area contributed by atoms with Crippen molar-refractivity contribution in [1.29, 1.82) is 0 Å². The molecule has 0 bridgehead atoms. The SMILES string of the molecule is CCCCCN1CCC(N)CC1. The first-order chi connectivity index (χ1) is 5.83. The Morgan fingerprint density at radius 3 is 2.50 bits per heavy atom. The van der Waals surface area contributed by atoms with E-state index in [4.69, 9.17) is 5.73 Å². The lowest BCUT2D eigenvalue weighted by Gasteiger charge is -2.29. The fourth-order valence-electron chi connectivity index (χ4n) is 1.76. The van der Waals surface area contributed by atoms with Crippen LogP contribution in [0.3, 0.4) is 0 Å². The van der Waals surface area contributed by atoms with E-state index in [9.17, 15) is 0 Å². The Bertz CT molecular complexity index is 106. The lowest BCUT2D eigenvalue weighted by Crippen LogP contribution is -2.39. The van der Waals surface area contributed by atoms with E-state index in [1.807, 2.05) is 0 Å². The lowest BCUT2D eigenvalue weighted by atomic mass is 10.1. The highest BCUT2D eigenvalue weighted by Crippen LogP contribution is 2.09. The number of unbranched alkanes of at least 4 members (excludes halogenated alkanes) is 2. The second kappa shape index (κ2) is 5.55. The first-order valence-corrected chi connectivity index (χ1v) is 5.31. The molecule has 1 fully saturated rings. The molecule has 1 rings (SSSR count). The molecule has 2 nitrogen and oxygen atoms in total. The minimum absolute atomic E-state index is 0.479. The molecular formula is C10H22N2.